The van der Waals surface area contributed by atoms with Crippen molar-refractivity contribution in [3.05, 3.63) is 48.0 Å². The fourth-order valence-electron chi connectivity index (χ4n) is 2.80. The molecule has 1 aliphatic rings. The van der Waals surface area contributed by atoms with Crippen molar-refractivity contribution < 1.29 is 0 Å². The van der Waals surface area contributed by atoms with Crippen molar-refractivity contribution in [3.63, 3.8) is 0 Å². The normalized spacial score (nSPS) is 20.6. The highest BCUT2D eigenvalue weighted by Gasteiger charge is 2.18. The first kappa shape index (κ1) is 11.7. The minimum absolute atomic E-state index is 0.647. The van der Waals surface area contributed by atoms with Crippen LogP contribution < -0.4 is 5.32 Å². The zero-order chi connectivity index (χ0) is 12.4. The molecule has 1 N–H and O–H groups in total. The molecular weight excluding hydrogens is 220 g/mol. The van der Waals surface area contributed by atoms with Gasteiger partial charge in [-0.15, -0.1) is 0 Å². The smallest absolute Gasteiger partial charge is 0.0214 e. The molecule has 0 saturated carbocycles. The van der Waals surface area contributed by atoms with Gasteiger partial charge in [0.2, 0.25) is 0 Å². The van der Waals surface area contributed by atoms with Gasteiger partial charge in [-0.25, -0.2) is 0 Å². The summed E-state index contributed by atoms with van der Waals surface area (Å²) >= 11 is 0. The quantitative estimate of drug-likeness (QED) is 0.887. The first-order chi connectivity index (χ1) is 8.83. The van der Waals surface area contributed by atoms with Crippen LogP contribution in [-0.4, -0.2) is 31.1 Å². The van der Waals surface area contributed by atoms with Crippen molar-refractivity contribution in [1.29, 1.82) is 0 Å². The lowest BCUT2D eigenvalue weighted by Crippen LogP contribution is -2.30. The average Bonchev–Trinajstić information content (AvgIpc) is 2.82. The molecule has 1 aliphatic heterocycles. The molecule has 0 amide bonds. The summed E-state index contributed by atoms with van der Waals surface area (Å²) < 4.78 is 0. The Labute approximate surface area is 109 Å². The maximum atomic E-state index is 3.68. The molecule has 18 heavy (non-hydrogen) atoms. The summed E-state index contributed by atoms with van der Waals surface area (Å²) in [5, 5.41) is 6.39. The van der Waals surface area contributed by atoms with Gasteiger partial charge in [-0.05, 0) is 36.3 Å². The van der Waals surface area contributed by atoms with E-state index >= 15 is 0 Å². The molecule has 0 aliphatic carbocycles. The number of nitrogens with zero attached hydrogens (tertiary/aromatic N) is 1. The van der Waals surface area contributed by atoms with Gasteiger partial charge >= 0.3 is 0 Å². The lowest BCUT2D eigenvalue weighted by atomic mass is 10.0. The van der Waals surface area contributed by atoms with Gasteiger partial charge in [0.05, 0.1) is 0 Å². The van der Waals surface area contributed by atoms with Crippen molar-refractivity contribution in [3.8, 4) is 0 Å². The highest BCUT2D eigenvalue weighted by molar-refractivity contribution is 5.85. The van der Waals surface area contributed by atoms with Crippen LogP contribution in [0.1, 0.15) is 12.0 Å². The molecule has 0 aromatic heterocycles. The van der Waals surface area contributed by atoms with Crippen molar-refractivity contribution in [2.45, 2.75) is 19.0 Å². The van der Waals surface area contributed by atoms with Crippen LogP contribution in [0.2, 0.25) is 0 Å². The third-order valence-corrected chi connectivity index (χ3v) is 3.85. The number of fused-ring (bicyclic) bond motifs is 1. The molecule has 0 radical (unpaired) electrons. The maximum absolute atomic E-state index is 3.68. The molecule has 2 heteroatoms. The van der Waals surface area contributed by atoms with Crippen LogP contribution in [0.15, 0.2) is 42.5 Å². The molecule has 3 rings (SSSR count). The van der Waals surface area contributed by atoms with Gasteiger partial charge in [0.1, 0.15) is 0 Å². The SMILES string of the molecule is CN1CCC(NCc2cccc3ccccc23)C1. The Bertz CT molecular complexity index is 530. The van der Waals surface area contributed by atoms with E-state index in [4.69, 9.17) is 0 Å². The molecule has 1 heterocycles. The summed E-state index contributed by atoms with van der Waals surface area (Å²) in [4.78, 5) is 2.39. The van der Waals surface area contributed by atoms with Crippen LogP contribution in [0.5, 0.6) is 0 Å². The maximum Gasteiger partial charge on any atom is 0.0214 e. The Kier molecular flexibility index (Phi) is 3.31. The molecule has 1 fully saturated rings. The summed E-state index contributed by atoms with van der Waals surface area (Å²) in [6, 6.07) is 15.8. The lowest BCUT2D eigenvalue weighted by Gasteiger charge is -2.14. The van der Waals surface area contributed by atoms with Gasteiger partial charge in [-0.2, -0.15) is 0 Å². The average molecular weight is 240 g/mol. The van der Waals surface area contributed by atoms with E-state index in [2.05, 4.69) is 59.7 Å². The monoisotopic (exact) mass is 240 g/mol. The molecule has 0 bridgehead atoms. The fourth-order valence-corrected chi connectivity index (χ4v) is 2.80. The van der Waals surface area contributed by atoms with E-state index in [1.165, 1.54) is 35.8 Å². The minimum Gasteiger partial charge on any atom is -0.309 e. The van der Waals surface area contributed by atoms with Gasteiger partial charge in [0.15, 0.2) is 0 Å². The first-order valence-electron chi connectivity index (χ1n) is 6.71. The van der Waals surface area contributed by atoms with Gasteiger partial charge in [0, 0.05) is 19.1 Å². The second-order valence-corrected chi connectivity index (χ2v) is 5.27. The number of likely N-dealkylation sites (N-methyl/N-ethyl adjacent to an activating group) is 1. The Morgan fingerprint density at radius 2 is 2.00 bits per heavy atom. The molecule has 2 nitrogen and oxygen atoms in total. The summed E-state index contributed by atoms with van der Waals surface area (Å²) in [6.45, 7) is 3.36. The summed E-state index contributed by atoms with van der Waals surface area (Å²) in [5.74, 6) is 0. The Hall–Kier alpha value is -1.38. The van der Waals surface area contributed by atoms with Crippen molar-refractivity contribution in [2.24, 2.45) is 0 Å². The molecule has 94 valence electrons. The van der Waals surface area contributed by atoms with Gasteiger partial charge in [0.25, 0.3) is 0 Å². The summed E-state index contributed by atoms with van der Waals surface area (Å²) in [6.07, 6.45) is 1.27. The first-order valence-corrected chi connectivity index (χ1v) is 6.71. The highest BCUT2D eigenvalue weighted by atomic mass is 15.2. The highest BCUT2D eigenvalue weighted by Crippen LogP contribution is 2.18. The van der Waals surface area contributed by atoms with Crippen LogP contribution in [-0.2, 0) is 6.54 Å². The van der Waals surface area contributed by atoms with Crippen molar-refractivity contribution in [2.75, 3.05) is 20.1 Å². The molecular formula is C16H20N2. The lowest BCUT2D eigenvalue weighted by molar-refractivity contribution is 0.398. The predicted molar refractivity (Wildman–Crippen MR) is 76.7 cm³/mol. The molecule has 1 unspecified atom stereocenters. The molecule has 2 aromatic carbocycles. The number of benzene rings is 2. The standard InChI is InChI=1S/C16H20N2/c1-18-10-9-15(12-18)17-11-14-7-4-6-13-5-2-3-8-16(13)14/h2-8,15,17H,9-12H2,1H3. The zero-order valence-electron chi connectivity index (χ0n) is 10.9. The second kappa shape index (κ2) is 5.09. The fraction of sp³-hybridized carbons (Fsp3) is 0.375. The molecule has 0 spiro atoms. The van der Waals surface area contributed by atoms with Crippen LogP contribution in [0.3, 0.4) is 0 Å². The number of hydrogen-bond donors (Lipinski definition) is 1. The predicted octanol–water partition coefficient (Wildman–Crippen LogP) is 2.63. The van der Waals surface area contributed by atoms with Crippen LogP contribution in [0.25, 0.3) is 10.8 Å². The number of likely N-dealkylation sites (tertiary alicyclic amines) is 1. The molecule has 1 saturated heterocycles. The largest absolute Gasteiger partial charge is 0.309 e. The Morgan fingerprint density at radius 1 is 1.17 bits per heavy atom. The van der Waals surface area contributed by atoms with E-state index in [1.807, 2.05) is 0 Å². The van der Waals surface area contributed by atoms with E-state index in [0.29, 0.717) is 6.04 Å². The van der Waals surface area contributed by atoms with Crippen LogP contribution >= 0.6 is 0 Å². The Morgan fingerprint density at radius 3 is 2.83 bits per heavy atom. The van der Waals surface area contributed by atoms with E-state index in [0.717, 1.165) is 6.54 Å². The van der Waals surface area contributed by atoms with Gasteiger partial charge < -0.3 is 10.2 Å². The number of rotatable bonds is 3. The Balaban J connectivity index is 1.74. The van der Waals surface area contributed by atoms with Gasteiger partial charge in [-0.3, -0.25) is 0 Å². The van der Waals surface area contributed by atoms with E-state index in [9.17, 15) is 0 Å². The third kappa shape index (κ3) is 2.40. The van der Waals surface area contributed by atoms with E-state index < -0.39 is 0 Å². The minimum atomic E-state index is 0.647. The topological polar surface area (TPSA) is 15.3 Å². The number of hydrogen-bond acceptors (Lipinski definition) is 2. The van der Waals surface area contributed by atoms with E-state index in [-0.39, 0.29) is 0 Å². The summed E-state index contributed by atoms with van der Waals surface area (Å²) in [5.41, 5.74) is 1.41. The number of nitrogens with one attached hydrogen (secondary N) is 1. The molecule has 1 atom stereocenters. The van der Waals surface area contributed by atoms with Crippen molar-refractivity contribution >= 4 is 10.8 Å². The van der Waals surface area contributed by atoms with Crippen molar-refractivity contribution in [1.82, 2.24) is 10.2 Å². The second-order valence-electron chi connectivity index (χ2n) is 5.27. The zero-order valence-corrected chi connectivity index (χ0v) is 10.9. The van der Waals surface area contributed by atoms with Crippen LogP contribution in [0, 0.1) is 0 Å². The molecule has 2 aromatic rings. The van der Waals surface area contributed by atoms with Crippen LogP contribution in [0.4, 0.5) is 0 Å². The van der Waals surface area contributed by atoms with Gasteiger partial charge in [-0.1, -0.05) is 42.5 Å². The van der Waals surface area contributed by atoms with E-state index in [1.54, 1.807) is 0 Å². The summed E-state index contributed by atoms with van der Waals surface area (Å²) in [7, 11) is 2.19. The third-order valence-electron chi connectivity index (χ3n) is 3.85.